The van der Waals surface area contributed by atoms with Crippen molar-refractivity contribution in [1.82, 2.24) is 15.1 Å². The smallest absolute Gasteiger partial charge is 0.237 e. The van der Waals surface area contributed by atoms with Crippen molar-refractivity contribution in [2.24, 2.45) is 5.73 Å². The van der Waals surface area contributed by atoms with Crippen LogP contribution in [0.25, 0.3) is 0 Å². The van der Waals surface area contributed by atoms with Gasteiger partial charge in [0, 0.05) is 12.6 Å². The Bertz CT molecular complexity index is 442. The van der Waals surface area contributed by atoms with Crippen molar-refractivity contribution in [2.45, 2.75) is 50.7 Å². The average molecular weight is 266 g/mol. The lowest BCUT2D eigenvalue weighted by Gasteiger charge is -2.27. The Morgan fingerprint density at radius 1 is 1.68 bits per heavy atom. The van der Waals surface area contributed by atoms with E-state index in [1.807, 2.05) is 17.8 Å². The van der Waals surface area contributed by atoms with Crippen LogP contribution in [0.4, 0.5) is 0 Å². The Morgan fingerprint density at radius 3 is 2.95 bits per heavy atom. The molecule has 0 saturated heterocycles. The number of hydrogen-bond donors (Lipinski definition) is 2. The minimum atomic E-state index is -0.613. The summed E-state index contributed by atoms with van der Waals surface area (Å²) >= 11 is 0. The van der Waals surface area contributed by atoms with E-state index in [-0.39, 0.29) is 5.91 Å². The molecule has 1 aromatic rings. The summed E-state index contributed by atoms with van der Waals surface area (Å²) in [5.74, 6) is 0.464. The summed E-state index contributed by atoms with van der Waals surface area (Å²) in [5, 5.41) is 7.52. The summed E-state index contributed by atoms with van der Waals surface area (Å²) < 4.78 is 6.89. The molecule has 1 heterocycles. The second-order valence-electron chi connectivity index (χ2n) is 5.36. The first-order chi connectivity index (χ1) is 9.03. The Balaban J connectivity index is 1.82. The molecular weight excluding hydrogens is 244 g/mol. The normalized spacial score (nSPS) is 18.0. The molecule has 3 N–H and O–H groups in total. The number of nitrogens with zero attached hydrogens (tertiary/aromatic N) is 2. The van der Waals surface area contributed by atoms with Crippen LogP contribution in [0.1, 0.15) is 32.6 Å². The van der Waals surface area contributed by atoms with E-state index in [1.165, 1.54) is 0 Å². The molecule has 1 unspecified atom stereocenters. The highest BCUT2D eigenvalue weighted by Gasteiger charge is 2.36. The molecule has 2 rings (SSSR count). The van der Waals surface area contributed by atoms with E-state index in [0.717, 1.165) is 31.6 Å². The van der Waals surface area contributed by atoms with Gasteiger partial charge in [-0.05, 0) is 32.6 Å². The lowest BCUT2D eigenvalue weighted by atomic mass is 9.94. The molecule has 0 radical (unpaired) electrons. The summed E-state index contributed by atoms with van der Waals surface area (Å²) in [6.07, 6.45) is 7.34. The van der Waals surface area contributed by atoms with Gasteiger partial charge in [-0.2, -0.15) is 5.10 Å². The van der Waals surface area contributed by atoms with Crippen molar-refractivity contribution >= 4 is 5.91 Å². The van der Waals surface area contributed by atoms with Crippen molar-refractivity contribution in [3.63, 3.8) is 0 Å². The first kappa shape index (κ1) is 13.9. The lowest BCUT2D eigenvalue weighted by molar-refractivity contribution is -0.124. The third kappa shape index (κ3) is 3.70. The van der Waals surface area contributed by atoms with E-state index in [1.54, 1.807) is 13.3 Å². The van der Waals surface area contributed by atoms with E-state index in [0.29, 0.717) is 12.5 Å². The molecule has 0 aliphatic heterocycles. The number of nitrogens with two attached hydrogens (primary N) is 1. The summed E-state index contributed by atoms with van der Waals surface area (Å²) in [6.45, 7) is 2.63. The number of aromatic nitrogens is 2. The molecule has 0 bridgehead atoms. The second kappa shape index (κ2) is 5.61. The fraction of sp³-hybridized carbons (Fsp3) is 0.692. The molecule has 6 nitrogen and oxygen atoms in total. The number of primary amides is 1. The maximum Gasteiger partial charge on any atom is 0.237 e. The zero-order valence-electron chi connectivity index (χ0n) is 11.6. The average Bonchev–Trinajstić information content (AvgIpc) is 3.05. The van der Waals surface area contributed by atoms with Gasteiger partial charge >= 0.3 is 0 Å². The van der Waals surface area contributed by atoms with Crippen molar-refractivity contribution in [3.05, 3.63) is 12.4 Å². The van der Waals surface area contributed by atoms with Gasteiger partial charge in [-0.3, -0.25) is 9.48 Å². The number of ether oxygens (including phenoxy) is 1. The monoisotopic (exact) mass is 266 g/mol. The fourth-order valence-corrected chi connectivity index (χ4v) is 2.11. The van der Waals surface area contributed by atoms with Crippen molar-refractivity contribution in [3.8, 4) is 5.75 Å². The molecule has 19 heavy (non-hydrogen) atoms. The highest BCUT2D eigenvalue weighted by molar-refractivity contribution is 5.84. The van der Waals surface area contributed by atoms with Crippen molar-refractivity contribution in [2.75, 3.05) is 7.11 Å². The number of amides is 1. The van der Waals surface area contributed by atoms with Crippen LogP contribution in [0.2, 0.25) is 0 Å². The molecule has 1 atom stereocenters. The molecule has 1 fully saturated rings. The molecule has 6 heteroatoms. The fourth-order valence-electron chi connectivity index (χ4n) is 2.11. The van der Waals surface area contributed by atoms with Gasteiger partial charge in [0.25, 0.3) is 0 Å². The van der Waals surface area contributed by atoms with Gasteiger partial charge in [0.15, 0.2) is 5.75 Å². The van der Waals surface area contributed by atoms with Crippen LogP contribution in [0.15, 0.2) is 12.4 Å². The van der Waals surface area contributed by atoms with Crippen LogP contribution < -0.4 is 15.8 Å². The van der Waals surface area contributed by atoms with Crippen LogP contribution in [-0.2, 0) is 11.3 Å². The van der Waals surface area contributed by atoms with Crippen molar-refractivity contribution in [1.29, 1.82) is 0 Å². The Morgan fingerprint density at radius 2 is 2.42 bits per heavy atom. The SMILES string of the molecule is COc1cnn(CCCC(C)(NC2CC2)C(N)=O)c1. The van der Waals surface area contributed by atoms with Crippen LogP contribution in [0, 0.1) is 0 Å². The van der Waals surface area contributed by atoms with Crippen LogP contribution in [0.3, 0.4) is 0 Å². The molecule has 106 valence electrons. The number of aryl methyl sites for hydroxylation is 1. The van der Waals surface area contributed by atoms with Crippen LogP contribution >= 0.6 is 0 Å². The highest BCUT2D eigenvalue weighted by Crippen LogP contribution is 2.24. The molecule has 1 amide bonds. The third-order valence-corrected chi connectivity index (χ3v) is 3.55. The van der Waals surface area contributed by atoms with Crippen LogP contribution in [-0.4, -0.2) is 34.4 Å². The van der Waals surface area contributed by atoms with Gasteiger partial charge in [0.05, 0.1) is 25.0 Å². The van der Waals surface area contributed by atoms with Gasteiger partial charge in [-0.1, -0.05) is 0 Å². The topological polar surface area (TPSA) is 82.2 Å². The van der Waals surface area contributed by atoms with Gasteiger partial charge < -0.3 is 15.8 Å². The molecule has 0 spiro atoms. The van der Waals surface area contributed by atoms with Crippen LogP contribution in [0.5, 0.6) is 5.75 Å². The highest BCUT2D eigenvalue weighted by atomic mass is 16.5. The summed E-state index contributed by atoms with van der Waals surface area (Å²) in [6, 6.07) is 0.460. The molecule has 1 aliphatic carbocycles. The van der Waals surface area contributed by atoms with Gasteiger partial charge in [0.2, 0.25) is 5.91 Å². The maximum absolute atomic E-state index is 11.6. The number of rotatable bonds is 8. The van der Waals surface area contributed by atoms with Crippen molar-refractivity contribution < 1.29 is 9.53 Å². The number of nitrogens with one attached hydrogen (secondary N) is 1. The largest absolute Gasteiger partial charge is 0.493 e. The zero-order valence-corrected chi connectivity index (χ0v) is 11.6. The molecule has 1 aliphatic rings. The number of carbonyl (C=O) groups excluding carboxylic acids is 1. The maximum atomic E-state index is 11.6. The molecular formula is C13H22N4O2. The first-order valence-electron chi connectivity index (χ1n) is 6.67. The third-order valence-electron chi connectivity index (χ3n) is 3.55. The number of hydrogen-bond acceptors (Lipinski definition) is 4. The van der Waals surface area contributed by atoms with E-state index >= 15 is 0 Å². The van der Waals surface area contributed by atoms with Gasteiger partial charge in [0.1, 0.15) is 0 Å². The minimum Gasteiger partial charge on any atom is -0.493 e. The zero-order chi connectivity index (χ0) is 13.9. The minimum absolute atomic E-state index is 0.280. The Hall–Kier alpha value is -1.56. The summed E-state index contributed by atoms with van der Waals surface area (Å²) in [4.78, 5) is 11.6. The molecule has 0 aromatic carbocycles. The van der Waals surface area contributed by atoms with Gasteiger partial charge in [-0.25, -0.2) is 0 Å². The predicted octanol–water partition coefficient (Wildman–Crippen LogP) is 0.668. The number of methoxy groups -OCH3 is 1. The first-order valence-corrected chi connectivity index (χ1v) is 6.67. The summed E-state index contributed by atoms with van der Waals surface area (Å²) in [7, 11) is 1.62. The summed E-state index contributed by atoms with van der Waals surface area (Å²) in [5.41, 5.74) is 4.90. The predicted molar refractivity (Wildman–Crippen MR) is 71.8 cm³/mol. The van der Waals surface area contributed by atoms with E-state index < -0.39 is 5.54 Å². The van der Waals surface area contributed by atoms with Gasteiger partial charge in [-0.15, -0.1) is 0 Å². The standard InChI is InChI=1S/C13H22N4O2/c1-13(12(14)18,16-10-4-5-10)6-3-7-17-9-11(19-2)8-15-17/h8-10,16H,3-7H2,1-2H3,(H2,14,18). The van der Waals surface area contributed by atoms with E-state index in [9.17, 15) is 4.79 Å². The molecule has 1 saturated carbocycles. The number of carbonyl (C=O) groups is 1. The molecule has 1 aromatic heterocycles. The quantitative estimate of drug-likeness (QED) is 0.724. The van der Waals surface area contributed by atoms with E-state index in [2.05, 4.69) is 10.4 Å². The lowest BCUT2D eigenvalue weighted by Crippen LogP contribution is -2.54. The Kier molecular flexibility index (Phi) is 4.09. The Labute approximate surface area is 113 Å². The van der Waals surface area contributed by atoms with E-state index in [4.69, 9.17) is 10.5 Å². The second-order valence-corrected chi connectivity index (χ2v) is 5.36.